The molecule has 2 aromatic rings. The zero-order valence-electron chi connectivity index (χ0n) is 14.6. The van der Waals surface area contributed by atoms with Crippen molar-refractivity contribution in [2.24, 2.45) is 0 Å². The first-order chi connectivity index (χ1) is 11.2. The minimum Gasteiger partial charge on any atom is -0.305 e. The summed E-state index contributed by atoms with van der Waals surface area (Å²) < 4.78 is 2.30. The highest BCUT2D eigenvalue weighted by Gasteiger charge is 2.21. The molecule has 2 heterocycles. The molecule has 0 N–H and O–H groups in total. The third kappa shape index (κ3) is 4.78. The lowest BCUT2D eigenvalue weighted by Crippen LogP contribution is -2.23. The number of unbranched alkanes of at least 4 members (excludes halogenated alkanes) is 1. The molecule has 1 unspecified atom stereocenters. The number of pyridine rings is 1. The second kappa shape index (κ2) is 9.03. The number of nitrogens with zero attached hydrogens (tertiary/aromatic N) is 5. The number of thioether (sulfide) groups is 1. The maximum absolute atomic E-state index is 4.51. The van der Waals surface area contributed by atoms with Crippen LogP contribution in [-0.4, -0.2) is 38.7 Å². The van der Waals surface area contributed by atoms with Gasteiger partial charge in [-0.25, -0.2) is 0 Å². The topological polar surface area (TPSA) is 46.8 Å². The van der Waals surface area contributed by atoms with Gasteiger partial charge in [0.2, 0.25) is 0 Å². The molecule has 2 rings (SSSR count). The summed E-state index contributed by atoms with van der Waals surface area (Å²) in [4.78, 5) is 6.40. The summed E-state index contributed by atoms with van der Waals surface area (Å²) in [5, 5.41) is 9.98. The van der Waals surface area contributed by atoms with Crippen LogP contribution in [0.25, 0.3) is 0 Å². The van der Waals surface area contributed by atoms with Gasteiger partial charge < -0.3 is 4.57 Å². The van der Waals surface area contributed by atoms with Crippen molar-refractivity contribution in [3.05, 3.63) is 35.9 Å². The third-order valence-electron chi connectivity index (χ3n) is 3.88. The average molecular weight is 334 g/mol. The lowest BCUT2D eigenvalue weighted by molar-refractivity contribution is 0.270. The molecular weight excluding hydrogens is 306 g/mol. The van der Waals surface area contributed by atoms with Gasteiger partial charge in [-0.05, 0) is 38.6 Å². The molecule has 0 fully saturated rings. The van der Waals surface area contributed by atoms with E-state index in [9.17, 15) is 0 Å². The Morgan fingerprint density at radius 3 is 2.70 bits per heavy atom. The molecule has 6 heteroatoms. The molecule has 0 saturated carbocycles. The van der Waals surface area contributed by atoms with Crippen molar-refractivity contribution < 1.29 is 0 Å². The van der Waals surface area contributed by atoms with Crippen LogP contribution < -0.4 is 0 Å². The summed E-state index contributed by atoms with van der Waals surface area (Å²) >= 11 is 1.74. The molecule has 0 amide bonds. The molecule has 0 aliphatic carbocycles. The van der Waals surface area contributed by atoms with Crippen LogP contribution in [0.1, 0.15) is 50.5 Å². The maximum Gasteiger partial charge on any atom is 0.191 e. The van der Waals surface area contributed by atoms with Gasteiger partial charge in [-0.3, -0.25) is 9.88 Å². The Morgan fingerprint density at radius 2 is 2.09 bits per heavy atom. The first-order valence-electron chi connectivity index (χ1n) is 8.28. The van der Waals surface area contributed by atoms with Crippen LogP contribution in [0.5, 0.6) is 0 Å². The quantitative estimate of drug-likeness (QED) is 0.654. The van der Waals surface area contributed by atoms with Gasteiger partial charge in [0.15, 0.2) is 11.0 Å². The first-order valence-corrected chi connectivity index (χ1v) is 9.27. The molecule has 0 saturated heterocycles. The molecule has 23 heavy (non-hydrogen) atoms. The van der Waals surface area contributed by atoms with Crippen LogP contribution in [-0.2, 0) is 12.3 Å². The summed E-state index contributed by atoms with van der Waals surface area (Å²) in [6.45, 7) is 5.40. The van der Waals surface area contributed by atoms with Crippen molar-refractivity contribution in [1.82, 2.24) is 24.6 Å². The summed E-state index contributed by atoms with van der Waals surface area (Å²) in [6.07, 6.45) is 7.07. The van der Waals surface area contributed by atoms with Crippen molar-refractivity contribution in [1.29, 1.82) is 0 Å². The van der Waals surface area contributed by atoms with Crippen molar-refractivity contribution in [2.45, 2.75) is 56.6 Å². The van der Waals surface area contributed by atoms with E-state index in [2.05, 4.69) is 58.7 Å². The van der Waals surface area contributed by atoms with Crippen LogP contribution in [0.15, 0.2) is 29.7 Å². The molecule has 0 aromatic carbocycles. The molecule has 0 spiro atoms. The van der Waals surface area contributed by atoms with E-state index in [0.717, 1.165) is 36.1 Å². The van der Waals surface area contributed by atoms with Crippen molar-refractivity contribution in [2.75, 3.05) is 14.1 Å². The fraction of sp³-hybridized carbons (Fsp3) is 0.588. The highest BCUT2D eigenvalue weighted by atomic mass is 32.2. The summed E-state index contributed by atoms with van der Waals surface area (Å²) in [6, 6.07) is 4.39. The monoisotopic (exact) mass is 333 g/mol. The van der Waals surface area contributed by atoms with Crippen LogP contribution in [0, 0.1) is 0 Å². The van der Waals surface area contributed by atoms with E-state index >= 15 is 0 Å². The molecule has 2 aromatic heterocycles. The van der Waals surface area contributed by atoms with Crippen molar-refractivity contribution in [3.8, 4) is 0 Å². The minimum absolute atomic E-state index is 0.312. The van der Waals surface area contributed by atoms with Crippen molar-refractivity contribution >= 4 is 11.8 Å². The van der Waals surface area contributed by atoms with Gasteiger partial charge in [-0.1, -0.05) is 38.1 Å². The lowest BCUT2D eigenvalue weighted by Gasteiger charge is -2.23. The van der Waals surface area contributed by atoms with E-state index in [1.807, 2.05) is 12.3 Å². The second-order valence-corrected chi connectivity index (χ2v) is 6.83. The predicted molar refractivity (Wildman–Crippen MR) is 95.4 cm³/mol. The third-order valence-corrected chi connectivity index (χ3v) is 4.92. The minimum atomic E-state index is 0.312. The zero-order valence-corrected chi connectivity index (χ0v) is 15.4. The Balaban J connectivity index is 2.19. The summed E-state index contributed by atoms with van der Waals surface area (Å²) in [5.74, 6) is 1.95. The van der Waals surface area contributed by atoms with Gasteiger partial charge in [0, 0.05) is 24.7 Å². The van der Waals surface area contributed by atoms with E-state index in [0.29, 0.717) is 6.04 Å². The standard InChI is InChI=1S/C17H27N5S/c1-5-7-11-22-16(15(6-2)21(3)4)19-20-17(22)23-13-14-9-8-10-18-12-14/h8-10,12,15H,5-7,11,13H2,1-4H3. The highest BCUT2D eigenvalue weighted by Crippen LogP contribution is 2.27. The van der Waals surface area contributed by atoms with Crippen LogP contribution in [0.2, 0.25) is 0 Å². The van der Waals surface area contributed by atoms with Gasteiger partial charge in [0.25, 0.3) is 0 Å². The number of hydrogen-bond acceptors (Lipinski definition) is 5. The average Bonchev–Trinajstić information content (AvgIpc) is 2.95. The number of hydrogen-bond donors (Lipinski definition) is 0. The molecule has 5 nitrogen and oxygen atoms in total. The number of aromatic nitrogens is 4. The predicted octanol–water partition coefficient (Wildman–Crippen LogP) is 3.78. The Bertz CT molecular complexity index is 582. The molecule has 0 bridgehead atoms. The normalized spacial score (nSPS) is 12.7. The molecule has 0 aliphatic heterocycles. The summed E-state index contributed by atoms with van der Waals surface area (Å²) in [7, 11) is 4.21. The smallest absolute Gasteiger partial charge is 0.191 e. The molecule has 1 atom stereocenters. The highest BCUT2D eigenvalue weighted by molar-refractivity contribution is 7.98. The van der Waals surface area contributed by atoms with Gasteiger partial charge >= 0.3 is 0 Å². The van der Waals surface area contributed by atoms with Crippen LogP contribution >= 0.6 is 11.8 Å². The van der Waals surface area contributed by atoms with E-state index in [1.54, 1.807) is 18.0 Å². The van der Waals surface area contributed by atoms with E-state index in [-0.39, 0.29) is 0 Å². The lowest BCUT2D eigenvalue weighted by atomic mass is 10.2. The van der Waals surface area contributed by atoms with Crippen molar-refractivity contribution in [3.63, 3.8) is 0 Å². The first kappa shape index (κ1) is 17.9. The molecular formula is C17H27N5S. The van der Waals surface area contributed by atoms with Gasteiger partial charge in [0.05, 0.1) is 6.04 Å². The Labute approximate surface area is 143 Å². The van der Waals surface area contributed by atoms with Gasteiger partial charge in [-0.15, -0.1) is 10.2 Å². The fourth-order valence-corrected chi connectivity index (χ4v) is 3.50. The van der Waals surface area contributed by atoms with E-state index in [4.69, 9.17) is 0 Å². The largest absolute Gasteiger partial charge is 0.305 e. The maximum atomic E-state index is 4.51. The Hall–Kier alpha value is -1.40. The zero-order chi connectivity index (χ0) is 16.7. The van der Waals surface area contributed by atoms with Crippen LogP contribution in [0.4, 0.5) is 0 Å². The molecule has 0 radical (unpaired) electrons. The second-order valence-electron chi connectivity index (χ2n) is 5.88. The van der Waals surface area contributed by atoms with Gasteiger partial charge in [-0.2, -0.15) is 0 Å². The van der Waals surface area contributed by atoms with E-state index in [1.165, 1.54) is 12.0 Å². The van der Waals surface area contributed by atoms with Gasteiger partial charge in [0.1, 0.15) is 0 Å². The summed E-state index contributed by atoms with van der Waals surface area (Å²) in [5.41, 5.74) is 1.21. The fourth-order valence-electron chi connectivity index (χ4n) is 2.59. The van der Waals surface area contributed by atoms with E-state index < -0.39 is 0 Å². The van der Waals surface area contributed by atoms with Crippen LogP contribution in [0.3, 0.4) is 0 Å². The Morgan fingerprint density at radius 1 is 1.26 bits per heavy atom. The number of rotatable bonds is 9. The molecule has 126 valence electrons. The Kier molecular flexibility index (Phi) is 7.05. The SMILES string of the molecule is CCCCn1c(SCc2cccnc2)nnc1C(CC)N(C)C. The molecule has 0 aliphatic rings.